The van der Waals surface area contributed by atoms with Crippen LogP contribution in [0.4, 0.5) is 0 Å². The summed E-state index contributed by atoms with van der Waals surface area (Å²) in [4.78, 5) is 29.3. The Morgan fingerprint density at radius 3 is 2.59 bits per heavy atom. The fourth-order valence-corrected chi connectivity index (χ4v) is 3.90. The Morgan fingerprint density at radius 1 is 1.30 bits per heavy atom. The molecule has 7 nitrogen and oxygen atoms in total. The number of aliphatic imine (C=N–C) groups is 1. The number of carbonyl (C=O) groups excluding carboxylic acids is 2. The van der Waals surface area contributed by atoms with Crippen molar-refractivity contribution >= 4 is 53.5 Å². The molecule has 1 saturated heterocycles. The topological polar surface area (TPSA) is 99.8 Å². The molecule has 0 spiro atoms. The number of nitrogens with two attached hydrogens (primary N) is 1. The predicted octanol–water partition coefficient (Wildman–Crippen LogP) is 1.42. The lowest BCUT2D eigenvalue weighted by Crippen LogP contribution is -2.47. The number of nitrogens with one attached hydrogen (secondary N) is 2. The zero-order valence-electron chi connectivity index (χ0n) is 15.7. The highest BCUT2D eigenvalue weighted by molar-refractivity contribution is 14.0. The fourth-order valence-electron chi connectivity index (χ4n) is 2.72. The molecular weight excluding hydrogens is 477 g/mol. The molecule has 1 aliphatic heterocycles. The van der Waals surface area contributed by atoms with Gasteiger partial charge in [0.25, 0.3) is 5.91 Å². The molecule has 1 atom stereocenters. The Kier molecular flexibility index (Phi) is 10.5. The standard InChI is InChI=1S/C18H27N5O2S.HI/c1-3-15-12-23(8-9-26-15)18(20-2)22-10-13-4-6-14(7-5-13)17(25)21-11-16(19)24;/h4-7,15H,3,8-12H2,1-2H3,(H2,19,24)(H,20,22)(H,21,25);1H. The summed E-state index contributed by atoms with van der Waals surface area (Å²) in [5, 5.41) is 6.52. The van der Waals surface area contributed by atoms with E-state index in [0.29, 0.717) is 17.4 Å². The second-order valence-corrected chi connectivity index (χ2v) is 7.50. The summed E-state index contributed by atoms with van der Waals surface area (Å²) in [5.41, 5.74) is 6.57. The molecule has 1 fully saturated rings. The molecular formula is C18H28IN5O2S. The van der Waals surface area contributed by atoms with Gasteiger partial charge in [0.15, 0.2) is 5.96 Å². The van der Waals surface area contributed by atoms with Crippen molar-refractivity contribution in [3.05, 3.63) is 35.4 Å². The third kappa shape index (κ3) is 7.57. The van der Waals surface area contributed by atoms with E-state index < -0.39 is 5.91 Å². The van der Waals surface area contributed by atoms with Crippen molar-refractivity contribution in [1.82, 2.24) is 15.5 Å². The molecule has 2 amide bonds. The van der Waals surface area contributed by atoms with Crippen LogP contribution in [-0.2, 0) is 11.3 Å². The normalized spacial score (nSPS) is 17.0. The van der Waals surface area contributed by atoms with Gasteiger partial charge in [-0.2, -0.15) is 11.8 Å². The quantitative estimate of drug-likeness (QED) is 0.309. The van der Waals surface area contributed by atoms with Gasteiger partial charge in [-0.15, -0.1) is 24.0 Å². The number of primary amides is 1. The zero-order chi connectivity index (χ0) is 18.9. The van der Waals surface area contributed by atoms with E-state index in [9.17, 15) is 9.59 Å². The highest BCUT2D eigenvalue weighted by Crippen LogP contribution is 2.21. The number of nitrogens with zero attached hydrogens (tertiary/aromatic N) is 2. The summed E-state index contributed by atoms with van der Waals surface area (Å²) in [5.74, 6) is 1.16. The first kappa shape index (κ1) is 23.5. The molecule has 1 aromatic rings. The SMILES string of the molecule is CCC1CN(C(=NC)NCc2ccc(C(=O)NCC(N)=O)cc2)CCS1.I. The molecule has 1 aliphatic rings. The minimum Gasteiger partial charge on any atom is -0.368 e. The van der Waals surface area contributed by atoms with Gasteiger partial charge in [-0.25, -0.2) is 0 Å². The maximum absolute atomic E-state index is 11.9. The lowest BCUT2D eigenvalue weighted by molar-refractivity contribution is -0.117. The number of halogens is 1. The van der Waals surface area contributed by atoms with Gasteiger partial charge in [0.2, 0.25) is 5.91 Å². The maximum Gasteiger partial charge on any atom is 0.251 e. The molecule has 150 valence electrons. The summed E-state index contributed by atoms with van der Waals surface area (Å²) in [6.45, 7) is 4.71. The Hall–Kier alpha value is -1.49. The van der Waals surface area contributed by atoms with Gasteiger partial charge in [-0.3, -0.25) is 14.6 Å². The van der Waals surface area contributed by atoms with Crippen LogP contribution in [0.15, 0.2) is 29.3 Å². The van der Waals surface area contributed by atoms with Gasteiger partial charge in [0.1, 0.15) is 0 Å². The average Bonchev–Trinajstić information content (AvgIpc) is 2.67. The number of thioether (sulfide) groups is 1. The molecule has 27 heavy (non-hydrogen) atoms. The van der Waals surface area contributed by atoms with Crippen molar-refractivity contribution in [3.8, 4) is 0 Å². The summed E-state index contributed by atoms with van der Waals surface area (Å²) < 4.78 is 0. The van der Waals surface area contributed by atoms with E-state index in [0.717, 1.165) is 36.8 Å². The van der Waals surface area contributed by atoms with Crippen molar-refractivity contribution in [2.45, 2.75) is 25.1 Å². The van der Waals surface area contributed by atoms with Crippen molar-refractivity contribution in [2.24, 2.45) is 10.7 Å². The van der Waals surface area contributed by atoms with Crippen LogP contribution >= 0.6 is 35.7 Å². The van der Waals surface area contributed by atoms with E-state index in [2.05, 4.69) is 27.4 Å². The van der Waals surface area contributed by atoms with E-state index in [4.69, 9.17) is 5.73 Å². The lowest BCUT2D eigenvalue weighted by Gasteiger charge is -2.34. The van der Waals surface area contributed by atoms with Gasteiger partial charge in [-0.05, 0) is 24.1 Å². The van der Waals surface area contributed by atoms with Crippen LogP contribution in [0.25, 0.3) is 0 Å². The summed E-state index contributed by atoms with van der Waals surface area (Å²) >= 11 is 2.03. The Labute approximate surface area is 181 Å². The Bertz CT molecular complexity index is 654. The molecule has 0 bridgehead atoms. The van der Waals surface area contributed by atoms with E-state index in [-0.39, 0.29) is 36.4 Å². The van der Waals surface area contributed by atoms with E-state index in [1.165, 1.54) is 0 Å². The number of amides is 2. The molecule has 2 rings (SSSR count). The van der Waals surface area contributed by atoms with E-state index in [1.807, 2.05) is 23.9 Å². The molecule has 1 unspecified atom stereocenters. The Balaban J connectivity index is 0.00000364. The molecule has 1 heterocycles. The first-order valence-electron chi connectivity index (χ1n) is 8.76. The number of rotatable bonds is 6. The van der Waals surface area contributed by atoms with Crippen molar-refractivity contribution in [1.29, 1.82) is 0 Å². The molecule has 0 saturated carbocycles. The van der Waals surface area contributed by atoms with E-state index >= 15 is 0 Å². The number of hydrogen-bond donors (Lipinski definition) is 3. The van der Waals surface area contributed by atoms with Gasteiger partial charge in [0.05, 0.1) is 6.54 Å². The monoisotopic (exact) mass is 505 g/mol. The number of carbonyl (C=O) groups is 2. The first-order valence-corrected chi connectivity index (χ1v) is 9.81. The highest BCUT2D eigenvalue weighted by Gasteiger charge is 2.21. The van der Waals surface area contributed by atoms with Crippen LogP contribution in [-0.4, -0.2) is 60.4 Å². The third-order valence-corrected chi connectivity index (χ3v) is 5.57. The minimum atomic E-state index is -0.563. The van der Waals surface area contributed by atoms with Gasteiger partial charge >= 0.3 is 0 Å². The second kappa shape index (κ2) is 12.1. The maximum atomic E-state index is 11.9. The Morgan fingerprint density at radius 2 is 2.00 bits per heavy atom. The van der Waals surface area contributed by atoms with Crippen LogP contribution in [0.1, 0.15) is 29.3 Å². The predicted molar refractivity (Wildman–Crippen MR) is 122 cm³/mol. The molecule has 9 heteroatoms. The zero-order valence-corrected chi connectivity index (χ0v) is 18.9. The number of benzene rings is 1. The van der Waals surface area contributed by atoms with Crippen molar-refractivity contribution in [3.63, 3.8) is 0 Å². The van der Waals surface area contributed by atoms with Gasteiger partial charge in [-0.1, -0.05) is 19.1 Å². The van der Waals surface area contributed by atoms with Crippen LogP contribution in [0.5, 0.6) is 0 Å². The van der Waals surface area contributed by atoms with Crippen LogP contribution in [0, 0.1) is 0 Å². The summed E-state index contributed by atoms with van der Waals surface area (Å²) in [6, 6.07) is 7.25. The smallest absolute Gasteiger partial charge is 0.251 e. The fraction of sp³-hybridized carbons (Fsp3) is 0.500. The van der Waals surface area contributed by atoms with Gasteiger partial charge in [0, 0.05) is 43.2 Å². The highest BCUT2D eigenvalue weighted by atomic mass is 127. The molecule has 0 aromatic heterocycles. The molecule has 4 N–H and O–H groups in total. The molecule has 1 aromatic carbocycles. The number of hydrogen-bond acceptors (Lipinski definition) is 4. The van der Waals surface area contributed by atoms with Crippen LogP contribution < -0.4 is 16.4 Å². The van der Waals surface area contributed by atoms with Crippen LogP contribution in [0.2, 0.25) is 0 Å². The van der Waals surface area contributed by atoms with E-state index in [1.54, 1.807) is 19.2 Å². The summed E-state index contributed by atoms with van der Waals surface area (Å²) in [6.07, 6.45) is 1.16. The second-order valence-electron chi connectivity index (χ2n) is 6.09. The third-order valence-electron chi connectivity index (χ3n) is 4.20. The van der Waals surface area contributed by atoms with Crippen molar-refractivity contribution < 1.29 is 9.59 Å². The molecule has 0 radical (unpaired) electrons. The summed E-state index contributed by atoms with van der Waals surface area (Å²) in [7, 11) is 1.80. The van der Waals surface area contributed by atoms with Gasteiger partial charge < -0.3 is 21.3 Å². The largest absolute Gasteiger partial charge is 0.368 e. The van der Waals surface area contributed by atoms with Crippen molar-refractivity contribution in [2.75, 3.05) is 32.4 Å². The van der Waals surface area contributed by atoms with Crippen LogP contribution in [0.3, 0.4) is 0 Å². The lowest BCUT2D eigenvalue weighted by atomic mass is 10.1. The number of guanidine groups is 1. The average molecular weight is 505 g/mol. The minimum absolute atomic E-state index is 0. The molecule has 0 aliphatic carbocycles. The first-order chi connectivity index (χ1) is 12.5.